The fraction of sp³-hybridized carbons (Fsp3) is 0.667. The Balaban J connectivity index is 0.00000304. The molecule has 0 bridgehead atoms. The van der Waals surface area contributed by atoms with Crippen LogP contribution in [0.15, 0.2) is 24.3 Å². The van der Waals surface area contributed by atoms with E-state index in [0.29, 0.717) is 19.4 Å². The smallest absolute Gasteiger partial charge is 0.247 e. The van der Waals surface area contributed by atoms with E-state index in [9.17, 15) is 14.4 Å². The van der Waals surface area contributed by atoms with Crippen molar-refractivity contribution >= 4 is 30.1 Å². The van der Waals surface area contributed by atoms with Crippen LogP contribution in [0.4, 0.5) is 0 Å². The summed E-state index contributed by atoms with van der Waals surface area (Å²) < 4.78 is 6.17. The average Bonchev–Trinajstić information content (AvgIpc) is 3.43. The molecule has 3 fully saturated rings. The summed E-state index contributed by atoms with van der Waals surface area (Å²) in [5.41, 5.74) is 2.22. The molecule has 198 valence electrons. The van der Waals surface area contributed by atoms with Gasteiger partial charge >= 0.3 is 0 Å². The van der Waals surface area contributed by atoms with E-state index in [4.69, 9.17) is 4.74 Å². The molecule has 1 saturated carbocycles. The molecule has 1 aromatic rings. The first-order chi connectivity index (χ1) is 16.9. The van der Waals surface area contributed by atoms with Crippen molar-refractivity contribution in [2.75, 3.05) is 13.7 Å². The predicted octanol–water partition coefficient (Wildman–Crippen LogP) is 2.60. The zero-order valence-corrected chi connectivity index (χ0v) is 22.1. The number of ether oxygens (including phenoxy) is 1. The first kappa shape index (κ1) is 26.9. The number of halogens is 1. The molecule has 36 heavy (non-hydrogen) atoms. The Morgan fingerprint density at radius 1 is 1.08 bits per heavy atom. The lowest BCUT2D eigenvalue weighted by Crippen LogP contribution is -2.58. The van der Waals surface area contributed by atoms with E-state index >= 15 is 0 Å². The highest BCUT2D eigenvalue weighted by molar-refractivity contribution is 5.94. The molecule has 3 N–H and O–H groups in total. The molecule has 1 aromatic carbocycles. The molecule has 5 atom stereocenters. The number of nitrogens with zero attached hydrogens (tertiary/aromatic N) is 1. The van der Waals surface area contributed by atoms with Crippen molar-refractivity contribution in [2.45, 2.75) is 95.1 Å². The maximum Gasteiger partial charge on any atom is 0.247 e. The van der Waals surface area contributed by atoms with Gasteiger partial charge in [0.05, 0.1) is 18.7 Å². The van der Waals surface area contributed by atoms with Crippen LogP contribution in [-0.2, 0) is 25.5 Å². The van der Waals surface area contributed by atoms with Crippen molar-refractivity contribution in [2.24, 2.45) is 5.41 Å². The first-order valence-electron chi connectivity index (χ1n) is 13.2. The van der Waals surface area contributed by atoms with Gasteiger partial charge in [-0.05, 0) is 57.2 Å². The molecule has 3 amide bonds. The van der Waals surface area contributed by atoms with Crippen molar-refractivity contribution in [3.63, 3.8) is 0 Å². The van der Waals surface area contributed by atoms with Crippen molar-refractivity contribution in [3.8, 4) is 0 Å². The Morgan fingerprint density at radius 2 is 1.83 bits per heavy atom. The second-order valence-corrected chi connectivity index (χ2v) is 10.8. The van der Waals surface area contributed by atoms with Crippen molar-refractivity contribution in [1.82, 2.24) is 20.9 Å². The van der Waals surface area contributed by atoms with Crippen LogP contribution in [0.5, 0.6) is 0 Å². The third-order valence-corrected chi connectivity index (χ3v) is 8.70. The molecule has 0 radical (unpaired) electrons. The average molecular weight is 519 g/mol. The highest BCUT2D eigenvalue weighted by Gasteiger charge is 2.59. The van der Waals surface area contributed by atoms with Crippen LogP contribution in [0.3, 0.4) is 0 Å². The van der Waals surface area contributed by atoms with E-state index in [0.717, 1.165) is 44.9 Å². The number of likely N-dealkylation sites (N-methyl/N-ethyl adjacent to an activating group) is 1. The van der Waals surface area contributed by atoms with E-state index in [1.165, 1.54) is 11.1 Å². The van der Waals surface area contributed by atoms with Gasteiger partial charge in [-0.25, -0.2) is 0 Å². The maximum atomic E-state index is 14.0. The van der Waals surface area contributed by atoms with Gasteiger partial charge in [0, 0.05) is 18.3 Å². The zero-order valence-electron chi connectivity index (χ0n) is 21.3. The summed E-state index contributed by atoms with van der Waals surface area (Å²) in [7, 11) is 1.71. The van der Waals surface area contributed by atoms with Gasteiger partial charge in [-0.15, -0.1) is 12.4 Å². The Hall–Kier alpha value is -2.16. The Morgan fingerprint density at radius 3 is 2.58 bits per heavy atom. The summed E-state index contributed by atoms with van der Waals surface area (Å²) in [6.45, 7) is 2.14. The van der Waals surface area contributed by atoms with Crippen LogP contribution < -0.4 is 16.0 Å². The highest BCUT2D eigenvalue weighted by atomic mass is 35.5. The normalized spacial score (nSPS) is 29.5. The molecular formula is C27H39ClN4O4. The first-order valence-corrected chi connectivity index (χ1v) is 13.2. The van der Waals surface area contributed by atoms with Crippen molar-refractivity contribution < 1.29 is 19.1 Å². The topological polar surface area (TPSA) is 99.8 Å². The Kier molecular flexibility index (Phi) is 8.27. The van der Waals surface area contributed by atoms with Crippen LogP contribution in [-0.4, -0.2) is 60.6 Å². The summed E-state index contributed by atoms with van der Waals surface area (Å²) in [4.78, 5) is 42.1. The van der Waals surface area contributed by atoms with Gasteiger partial charge in [0.25, 0.3) is 0 Å². The summed E-state index contributed by atoms with van der Waals surface area (Å²) in [6.07, 6.45) is 7.60. The molecular weight excluding hydrogens is 480 g/mol. The quantitative estimate of drug-likeness (QED) is 0.556. The molecule has 1 spiro atoms. The Bertz CT molecular complexity index is 982. The molecule has 5 rings (SSSR count). The van der Waals surface area contributed by atoms with Crippen LogP contribution in [0.2, 0.25) is 0 Å². The van der Waals surface area contributed by atoms with E-state index in [1.807, 2.05) is 6.07 Å². The molecule has 0 aromatic heterocycles. The van der Waals surface area contributed by atoms with Crippen LogP contribution in [0, 0.1) is 5.41 Å². The second kappa shape index (κ2) is 11.1. The maximum absolute atomic E-state index is 14.0. The molecule has 2 saturated heterocycles. The number of hydrogen-bond donors (Lipinski definition) is 3. The van der Waals surface area contributed by atoms with Gasteiger partial charge in [0.1, 0.15) is 18.3 Å². The summed E-state index contributed by atoms with van der Waals surface area (Å²) in [6, 6.07) is 6.61. The van der Waals surface area contributed by atoms with E-state index in [2.05, 4.69) is 34.1 Å². The molecule has 2 aliphatic heterocycles. The van der Waals surface area contributed by atoms with Gasteiger partial charge < -0.3 is 25.6 Å². The monoisotopic (exact) mass is 518 g/mol. The molecule has 9 heteroatoms. The van der Waals surface area contributed by atoms with Crippen molar-refractivity contribution in [1.29, 1.82) is 0 Å². The highest BCUT2D eigenvalue weighted by Crippen LogP contribution is 2.53. The van der Waals surface area contributed by atoms with E-state index < -0.39 is 24.4 Å². The summed E-state index contributed by atoms with van der Waals surface area (Å²) in [5, 5.41) is 9.16. The standard InChI is InChI=1S/C27H38N4O4.ClH/c1-17(28-2)24(32)30-21-12-15-35-22-16-27(13-5-6-14-27)23(31(22)26(21)34)25(33)29-20-11-7-9-18-8-3-4-10-19(18)20;/h3-4,8,10,17,20-23,28H,5-7,9,11-16H2,1-2H3,(H,29,33)(H,30,32);1H/t17?,20-,21+,22?,23?;/m1./s1. The number of benzene rings is 1. The number of carbonyl (C=O) groups is 3. The lowest BCUT2D eigenvalue weighted by atomic mass is 9.77. The minimum Gasteiger partial charge on any atom is -0.358 e. The van der Waals surface area contributed by atoms with Crippen molar-refractivity contribution in [3.05, 3.63) is 35.4 Å². The third kappa shape index (κ3) is 4.87. The van der Waals surface area contributed by atoms with Gasteiger partial charge in [-0.2, -0.15) is 0 Å². The minimum absolute atomic E-state index is 0. The fourth-order valence-corrected chi connectivity index (χ4v) is 6.73. The molecule has 3 unspecified atom stereocenters. The number of carbonyl (C=O) groups excluding carboxylic acids is 3. The lowest BCUT2D eigenvalue weighted by molar-refractivity contribution is -0.150. The molecule has 4 aliphatic rings. The summed E-state index contributed by atoms with van der Waals surface area (Å²) >= 11 is 0. The predicted molar refractivity (Wildman–Crippen MR) is 138 cm³/mol. The third-order valence-electron chi connectivity index (χ3n) is 8.70. The number of aryl methyl sites for hydroxylation is 1. The van der Waals surface area contributed by atoms with Gasteiger partial charge in [0.2, 0.25) is 17.7 Å². The van der Waals surface area contributed by atoms with Crippen LogP contribution in [0.25, 0.3) is 0 Å². The SMILES string of the molecule is CNC(C)C(=O)N[C@H]1CCOC2CC3(CCCC3)C(C(=O)N[C@@H]3CCCc4ccccc43)N2C1=O.Cl. The number of hydrogen-bond acceptors (Lipinski definition) is 5. The second-order valence-electron chi connectivity index (χ2n) is 10.8. The van der Waals surface area contributed by atoms with E-state index in [-0.39, 0.29) is 41.6 Å². The Labute approximate surface area is 219 Å². The van der Waals surface area contributed by atoms with E-state index in [1.54, 1.807) is 18.9 Å². The lowest BCUT2D eigenvalue weighted by Gasteiger charge is -2.37. The number of rotatable bonds is 5. The molecule has 2 heterocycles. The number of fused-ring (bicyclic) bond motifs is 2. The fourth-order valence-electron chi connectivity index (χ4n) is 6.73. The minimum atomic E-state index is -0.689. The molecule has 8 nitrogen and oxygen atoms in total. The largest absolute Gasteiger partial charge is 0.358 e. The zero-order chi connectivity index (χ0) is 24.6. The number of nitrogens with one attached hydrogen (secondary N) is 3. The van der Waals surface area contributed by atoms with Crippen LogP contribution >= 0.6 is 12.4 Å². The van der Waals surface area contributed by atoms with Gasteiger partial charge in [-0.3, -0.25) is 14.4 Å². The summed E-state index contributed by atoms with van der Waals surface area (Å²) in [5.74, 6) is -0.500. The van der Waals surface area contributed by atoms with Gasteiger partial charge in [0.15, 0.2) is 0 Å². The number of amides is 3. The van der Waals surface area contributed by atoms with Crippen LogP contribution in [0.1, 0.15) is 75.5 Å². The molecule has 2 aliphatic carbocycles. The van der Waals surface area contributed by atoms with Gasteiger partial charge in [-0.1, -0.05) is 37.1 Å².